The molecule has 0 radical (unpaired) electrons. The van der Waals surface area contributed by atoms with Gasteiger partial charge in [-0.25, -0.2) is 13.2 Å². The van der Waals surface area contributed by atoms with E-state index in [2.05, 4.69) is 0 Å². The summed E-state index contributed by atoms with van der Waals surface area (Å²) in [5.74, 6) is -3.55. The number of rotatable bonds is 1. The molecule has 3 aliphatic rings. The second-order valence-electron chi connectivity index (χ2n) is 4.90. The monoisotopic (exact) mass is 213 g/mol. The van der Waals surface area contributed by atoms with Crippen LogP contribution in [0, 0.1) is 17.5 Å². The van der Waals surface area contributed by atoms with E-state index in [1.54, 1.807) is 0 Å². The van der Waals surface area contributed by atoms with Crippen LogP contribution in [-0.4, -0.2) is 5.54 Å². The first kappa shape index (κ1) is 9.21. The van der Waals surface area contributed by atoms with Crippen LogP contribution in [0.5, 0.6) is 0 Å². The molecule has 1 nitrogen and oxygen atoms in total. The van der Waals surface area contributed by atoms with E-state index in [-0.39, 0.29) is 16.5 Å². The summed E-state index contributed by atoms with van der Waals surface area (Å²) in [4.78, 5) is 0. The molecular formula is C11H10F3N. The Morgan fingerprint density at radius 2 is 1.60 bits per heavy atom. The predicted molar refractivity (Wildman–Crippen MR) is 48.8 cm³/mol. The molecule has 3 saturated carbocycles. The third kappa shape index (κ3) is 0.977. The molecule has 0 saturated heterocycles. The Hall–Kier alpha value is -1.03. The first-order chi connectivity index (χ1) is 6.96. The van der Waals surface area contributed by atoms with Gasteiger partial charge in [-0.1, -0.05) is 6.07 Å². The predicted octanol–water partition coefficient (Wildman–Crippen LogP) is 2.24. The zero-order valence-electron chi connectivity index (χ0n) is 7.99. The van der Waals surface area contributed by atoms with Gasteiger partial charge in [0.15, 0.2) is 17.5 Å². The van der Waals surface area contributed by atoms with E-state index in [0.29, 0.717) is 19.3 Å². The maximum atomic E-state index is 13.5. The van der Waals surface area contributed by atoms with E-state index in [4.69, 9.17) is 5.73 Å². The molecule has 1 aromatic rings. The molecule has 0 aromatic heterocycles. The fraction of sp³-hybridized carbons (Fsp3) is 0.455. The van der Waals surface area contributed by atoms with Gasteiger partial charge in [0.25, 0.3) is 0 Å². The number of halogens is 3. The lowest BCUT2D eigenvalue weighted by molar-refractivity contribution is -0.0616. The Morgan fingerprint density at radius 3 is 2.13 bits per heavy atom. The van der Waals surface area contributed by atoms with Crippen molar-refractivity contribution in [1.82, 2.24) is 0 Å². The third-order valence-corrected chi connectivity index (χ3v) is 3.68. The Morgan fingerprint density at radius 1 is 1.00 bits per heavy atom. The van der Waals surface area contributed by atoms with Gasteiger partial charge in [-0.3, -0.25) is 0 Å². The van der Waals surface area contributed by atoms with E-state index in [1.165, 1.54) is 6.07 Å². The SMILES string of the molecule is NC12CC(c3ccc(F)c(F)c3F)(C1)C2. The van der Waals surface area contributed by atoms with Crippen LogP contribution in [0.1, 0.15) is 24.8 Å². The fourth-order valence-corrected chi connectivity index (χ4v) is 3.09. The highest BCUT2D eigenvalue weighted by Crippen LogP contribution is 2.66. The van der Waals surface area contributed by atoms with Crippen LogP contribution < -0.4 is 5.73 Å². The van der Waals surface area contributed by atoms with E-state index in [0.717, 1.165) is 6.07 Å². The van der Waals surface area contributed by atoms with E-state index in [9.17, 15) is 13.2 Å². The van der Waals surface area contributed by atoms with Crippen molar-refractivity contribution in [2.24, 2.45) is 5.73 Å². The van der Waals surface area contributed by atoms with Crippen LogP contribution in [0.4, 0.5) is 13.2 Å². The number of hydrogen-bond donors (Lipinski definition) is 1. The lowest BCUT2D eigenvalue weighted by Gasteiger charge is -2.69. The average Bonchev–Trinajstić information content (AvgIpc) is 2.09. The Labute approximate surface area is 85.1 Å². The van der Waals surface area contributed by atoms with Crippen molar-refractivity contribution in [2.75, 3.05) is 0 Å². The lowest BCUT2D eigenvalue weighted by atomic mass is 9.38. The lowest BCUT2D eigenvalue weighted by Crippen LogP contribution is -2.74. The molecule has 4 rings (SSSR count). The maximum absolute atomic E-state index is 13.5. The molecule has 0 aliphatic heterocycles. The van der Waals surface area contributed by atoms with Gasteiger partial charge in [-0.15, -0.1) is 0 Å². The van der Waals surface area contributed by atoms with Crippen molar-refractivity contribution < 1.29 is 13.2 Å². The summed E-state index contributed by atoms with van der Waals surface area (Å²) in [5, 5.41) is 0. The molecule has 15 heavy (non-hydrogen) atoms. The summed E-state index contributed by atoms with van der Waals surface area (Å²) in [5.41, 5.74) is 5.64. The summed E-state index contributed by atoms with van der Waals surface area (Å²) >= 11 is 0. The summed E-state index contributed by atoms with van der Waals surface area (Å²) in [6.45, 7) is 0. The normalized spacial score (nSPS) is 37.1. The zero-order valence-corrected chi connectivity index (χ0v) is 7.99. The van der Waals surface area contributed by atoms with Gasteiger partial charge < -0.3 is 5.73 Å². The Bertz CT molecular complexity index is 436. The van der Waals surface area contributed by atoms with Crippen LogP contribution in [-0.2, 0) is 5.41 Å². The maximum Gasteiger partial charge on any atom is 0.194 e. The average molecular weight is 213 g/mol. The minimum atomic E-state index is -1.37. The standard InChI is InChI=1S/C11H10F3N/c12-7-2-1-6(8(13)9(7)14)10-3-11(15,4-10)5-10/h1-2H,3-5,15H2. The fourth-order valence-electron chi connectivity index (χ4n) is 3.09. The molecule has 3 aliphatic carbocycles. The molecule has 0 unspecified atom stereocenters. The van der Waals surface area contributed by atoms with Gasteiger partial charge in [0.1, 0.15) is 0 Å². The first-order valence-electron chi connectivity index (χ1n) is 4.89. The molecule has 1 aromatic carbocycles. The highest BCUT2D eigenvalue weighted by atomic mass is 19.2. The van der Waals surface area contributed by atoms with Crippen molar-refractivity contribution in [3.63, 3.8) is 0 Å². The number of nitrogens with two attached hydrogens (primary N) is 1. The summed E-state index contributed by atoms with van der Waals surface area (Å²) < 4.78 is 39.2. The Balaban J connectivity index is 2.04. The smallest absolute Gasteiger partial charge is 0.194 e. The van der Waals surface area contributed by atoms with Crippen LogP contribution in [0.3, 0.4) is 0 Å². The van der Waals surface area contributed by atoms with Crippen molar-refractivity contribution in [3.8, 4) is 0 Å². The number of benzene rings is 1. The van der Waals surface area contributed by atoms with Crippen molar-refractivity contribution in [1.29, 1.82) is 0 Å². The van der Waals surface area contributed by atoms with E-state index in [1.807, 2.05) is 0 Å². The van der Waals surface area contributed by atoms with Crippen LogP contribution in [0.25, 0.3) is 0 Å². The molecular weight excluding hydrogens is 203 g/mol. The molecule has 0 heterocycles. The molecule has 2 N–H and O–H groups in total. The molecule has 80 valence electrons. The molecule has 2 bridgehead atoms. The van der Waals surface area contributed by atoms with Crippen molar-refractivity contribution in [2.45, 2.75) is 30.2 Å². The van der Waals surface area contributed by atoms with Crippen LogP contribution in [0.15, 0.2) is 12.1 Å². The number of hydrogen-bond acceptors (Lipinski definition) is 1. The minimum absolute atomic E-state index is 0.169. The zero-order chi connectivity index (χ0) is 10.8. The van der Waals surface area contributed by atoms with Gasteiger partial charge in [-0.05, 0) is 30.9 Å². The quantitative estimate of drug-likeness (QED) is 0.711. The van der Waals surface area contributed by atoms with E-state index < -0.39 is 17.5 Å². The largest absolute Gasteiger partial charge is 0.325 e. The van der Waals surface area contributed by atoms with E-state index >= 15 is 0 Å². The van der Waals surface area contributed by atoms with Gasteiger partial charge in [-0.2, -0.15) is 0 Å². The molecule has 4 heteroatoms. The second kappa shape index (κ2) is 2.38. The topological polar surface area (TPSA) is 26.0 Å². The first-order valence-corrected chi connectivity index (χ1v) is 4.89. The van der Waals surface area contributed by atoms with Gasteiger partial charge in [0, 0.05) is 11.0 Å². The van der Waals surface area contributed by atoms with Gasteiger partial charge in [0.2, 0.25) is 0 Å². The second-order valence-corrected chi connectivity index (χ2v) is 4.90. The Kier molecular flexibility index (Phi) is 1.46. The molecule has 0 spiro atoms. The van der Waals surface area contributed by atoms with Crippen molar-refractivity contribution in [3.05, 3.63) is 35.1 Å². The van der Waals surface area contributed by atoms with Crippen LogP contribution in [0.2, 0.25) is 0 Å². The molecule has 0 amide bonds. The highest BCUT2D eigenvalue weighted by Gasteiger charge is 2.67. The summed E-state index contributed by atoms with van der Waals surface area (Å²) in [6.07, 6.45) is 2.05. The summed E-state index contributed by atoms with van der Waals surface area (Å²) in [7, 11) is 0. The van der Waals surface area contributed by atoms with Crippen LogP contribution >= 0.6 is 0 Å². The third-order valence-electron chi connectivity index (χ3n) is 3.68. The van der Waals surface area contributed by atoms with Gasteiger partial charge in [0.05, 0.1) is 0 Å². The highest BCUT2D eigenvalue weighted by molar-refractivity contribution is 5.42. The molecule has 0 atom stereocenters. The summed E-state index contributed by atoms with van der Waals surface area (Å²) in [6, 6.07) is 2.32. The molecule has 3 fully saturated rings. The van der Waals surface area contributed by atoms with Gasteiger partial charge >= 0.3 is 0 Å². The minimum Gasteiger partial charge on any atom is -0.325 e. The van der Waals surface area contributed by atoms with Crippen molar-refractivity contribution >= 4 is 0 Å².